The monoisotopic (exact) mass is 461 g/mol. The van der Waals surface area contributed by atoms with Crippen LogP contribution < -0.4 is 0 Å². The number of hydrogen-bond acceptors (Lipinski definition) is 3. The van der Waals surface area contributed by atoms with Crippen LogP contribution >= 0.6 is 0 Å². The lowest BCUT2D eigenvalue weighted by Gasteiger charge is -2.21. The van der Waals surface area contributed by atoms with Gasteiger partial charge in [0.2, 0.25) is 0 Å². The Morgan fingerprint density at radius 2 is 1.71 bits per heavy atom. The van der Waals surface area contributed by atoms with Crippen molar-refractivity contribution in [3.63, 3.8) is 0 Å². The molecule has 0 atom stereocenters. The molecule has 34 heavy (non-hydrogen) atoms. The summed E-state index contributed by atoms with van der Waals surface area (Å²) >= 11 is 0. The van der Waals surface area contributed by atoms with Crippen molar-refractivity contribution in [3.8, 4) is 11.5 Å². The van der Waals surface area contributed by atoms with Crippen molar-refractivity contribution in [2.24, 2.45) is 0 Å². The number of unbranched alkanes of at least 4 members (excludes halogenated alkanes) is 2. The van der Waals surface area contributed by atoms with E-state index >= 15 is 0 Å². The average Bonchev–Trinajstić information content (AvgIpc) is 3.23. The van der Waals surface area contributed by atoms with E-state index in [0.717, 1.165) is 48.8 Å². The highest BCUT2D eigenvalue weighted by Gasteiger charge is 2.29. The summed E-state index contributed by atoms with van der Waals surface area (Å²) < 4.78 is 0. The van der Waals surface area contributed by atoms with E-state index in [-0.39, 0.29) is 17.4 Å². The summed E-state index contributed by atoms with van der Waals surface area (Å²) in [5.74, 6) is -0.162. The van der Waals surface area contributed by atoms with Gasteiger partial charge >= 0.3 is 0 Å². The van der Waals surface area contributed by atoms with Crippen molar-refractivity contribution in [3.05, 3.63) is 81.4 Å². The molecule has 1 heterocycles. The van der Waals surface area contributed by atoms with Gasteiger partial charge in [-0.05, 0) is 75.6 Å². The number of allylic oxidation sites excluding steroid dienone is 4. The van der Waals surface area contributed by atoms with Gasteiger partial charge in [0.05, 0.1) is 5.56 Å². The van der Waals surface area contributed by atoms with Crippen molar-refractivity contribution < 1.29 is 15.0 Å². The van der Waals surface area contributed by atoms with Crippen LogP contribution in [0.3, 0.4) is 0 Å². The Balaban J connectivity index is 1.89. The van der Waals surface area contributed by atoms with E-state index in [9.17, 15) is 15.0 Å². The van der Waals surface area contributed by atoms with Gasteiger partial charge in [-0.2, -0.15) is 0 Å². The van der Waals surface area contributed by atoms with Crippen molar-refractivity contribution in [2.45, 2.75) is 85.7 Å². The molecule has 1 aliphatic heterocycles. The number of aryl methyl sites for hydroxylation is 1. The zero-order chi connectivity index (χ0) is 24.7. The van der Waals surface area contributed by atoms with Crippen molar-refractivity contribution in [2.75, 3.05) is 0 Å². The molecule has 2 aromatic rings. The Labute approximate surface area is 204 Å². The molecule has 0 aliphatic carbocycles. The van der Waals surface area contributed by atoms with Crippen LogP contribution in [0.2, 0.25) is 0 Å². The Morgan fingerprint density at radius 1 is 1.03 bits per heavy atom. The summed E-state index contributed by atoms with van der Waals surface area (Å²) in [4.78, 5) is 15.5. The predicted molar refractivity (Wildman–Crippen MR) is 139 cm³/mol. The lowest BCUT2D eigenvalue weighted by molar-refractivity contribution is 0.0747. The molecule has 0 unspecified atom stereocenters. The first-order valence-electron chi connectivity index (χ1n) is 12.5. The highest BCUT2D eigenvalue weighted by atomic mass is 16.3. The molecule has 182 valence electrons. The Hall–Kier alpha value is -3.01. The summed E-state index contributed by atoms with van der Waals surface area (Å²) in [5, 5.41) is 22.1. The second kappa shape index (κ2) is 11.9. The zero-order valence-electron chi connectivity index (χ0n) is 21.2. The molecule has 0 radical (unpaired) electrons. The van der Waals surface area contributed by atoms with Crippen LogP contribution in [0.25, 0.3) is 0 Å². The molecule has 1 aliphatic rings. The third kappa shape index (κ3) is 6.31. The van der Waals surface area contributed by atoms with E-state index < -0.39 is 0 Å². The Bertz CT molecular complexity index is 1050. The van der Waals surface area contributed by atoms with Gasteiger partial charge in [-0.1, -0.05) is 67.3 Å². The van der Waals surface area contributed by atoms with E-state index in [2.05, 4.69) is 45.9 Å². The van der Waals surface area contributed by atoms with Gasteiger partial charge in [-0.3, -0.25) is 4.79 Å². The van der Waals surface area contributed by atoms with Gasteiger partial charge in [0, 0.05) is 18.7 Å². The minimum Gasteiger partial charge on any atom is -0.508 e. The average molecular weight is 462 g/mol. The number of carbonyl (C=O) groups is 1. The van der Waals surface area contributed by atoms with Crippen LogP contribution in [-0.4, -0.2) is 21.0 Å². The van der Waals surface area contributed by atoms with Crippen molar-refractivity contribution >= 4 is 5.91 Å². The lowest BCUT2D eigenvalue weighted by Crippen LogP contribution is -2.26. The predicted octanol–water partition coefficient (Wildman–Crippen LogP) is 7.22. The van der Waals surface area contributed by atoms with Crippen LogP contribution in [0.5, 0.6) is 11.5 Å². The van der Waals surface area contributed by atoms with Gasteiger partial charge < -0.3 is 15.1 Å². The number of aromatic hydroxyl groups is 2. The summed E-state index contributed by atoms with van der Waals surface area (Å²) in [5.41, 5.74) is 6.32. The number of amides is 1. The minimum absolute atomic E-state index is 0.0682. The fraction of sp³-hybridized carbons (Fsp3) is 0.433. The number of hydrogen-bond donors (Lipinski definition) is 2. The summed E-state index contributed by atoms with van der Waals surface area (Å²) in [7, 11) is 0. The van der Waals surface area contributed by atoms with E-state index in [1.807, 2.05) is 18.2 Å². The number of fused-ring (bicyclic) bond motifs is 1. The molecule has 2 N–H and O–H groups in total. The first kappa shape index (κ1) is 25.6. The summed E-state index contributed by atoms with van der Waals surface area (Å²) in [6.45, 7) is 9.48. The smallest absolute Gasteiger partial charge is 0.258 e. The quantitative estimate of drug-likeness (QED) is 0.290. The Kier molecular flexibility index (Phi) is 8.98. The number of rotatable bonds is 10. The van der Waals surface area contributed by atoms with E-state index in [1.165, 1.54) is 11.1 Å². The molecule has 0 fully saturated rings. The van der Waals surface area contributed by atoms with Crippen LogP contribution in [0.4, 0.5) is 0 Å². The molecule has 1 amide bonds. The number of phenols is 2. The maximum absolute atomic E-state index is 13.7. The lowest BCUT2D eigenvalue weighted by atomic mass is 9.94. The fourth-order valence-corrected chi connectivity index (χ4v) is 4.55. The highest BCUT2D eigenvalue weighted by molar-refractivity contribution is 5.99. The molecular formula is C30H39NO3. The third-order valence-electron chi connectivity index (χ3n) is 6.60. The van der Waals surface area contributed by atoms with Gasteiger partial charge in [-0.25, -0.2) is 0 Å². The zero-order valence-corrected chi connectivity index (χ0v) is 21.2. The summed E-state index contributed by atoms with van der Waals surface area (Å²) in [6, 6.07) is 9.79. The number of phenolic OH excluding ortho intramolecular Hbond substituents is 2. The van der Waals surface area contributed by atoms with Gasteiger partial charge in [0.25, 0.3) is 5.91 Å². The highest BCUT2D eigenvalue weighted by Crippen LogP contribution is 2.37. The first-order valence-corrected chi connectivity index (χ1v) is 12.5. The maximum Gasteiger partial charge on any atom is 0.258 e. The van der Waals surface area contributed by atoms with Crippen LogP contribution in [-0.2, 0) is 25.9 Å². The standard InChI is InChI=1S/C30H39NO3/c1-5-6-7-13-23-18-27(32)26(17-16-22(4)12-10-11-21(2)3)29(33)28(23)30(34)31-19-24-14-8-9-15-25(24)20-31/h8-9,11,14-16,18,32-33H,5-7,10,12-13,17,19-20H2,1-4H3/b22-16+. The van der Waals surface area contributed by atoms with Gasteiger partial charge in [-0.15, -0.1) is 0 Å². The minimum atomic E-state index is -0.161. The van der Waals surface area contributed by atoms with Crippen LogP contribution in [0, 0.1) is 0 Å². The first-order chi connectivity index (χ1) is 16.3. The van der Waals surface area contributed by atoms with Crippen LogP contribution in [0.15, 0.2) is 53.6 Å². The van der Waals surface area contributed by atoms with E-state index in [4.69, 9.17) is 0 Å². The number of nitrogens with zero attached hydrogens (tertiary/aromatic N) is 1. The molecule has 0 saturated carbocycles. The molecule has 0 bridgehead atoms. The van der Waals surface area contributed by atoms with Crippen molar-refractivity contribution in [1.82, 2.24) is 4.90 Å². The number of carbonyl (C=O) groups excluding carboxylic acids is 1. The van der Waals surface area contributed by atoms with Gasteiger partial charge in [0.15, 0.2) is 0 Å². The topological polar surface area (TPSA) is 60.8 Å². The largest absolute Gasteiger partial charge is 0.508 e. The molecular weight excluding hydrogens is 422 g/mol. The SMILES string of the molecule is CCCCCc1cc(O)c(C/C=C(\C)CCC=C(C)C)c(O)c1C(=O)N1Cc2ccccc2C1. The molecule has 0 aromatic heterocycles. The number of benzene rings is 2. The maximum atomic E-state index is 13.7. The molecule has 0 saturated heterocycles. The van der Waals surface area contributed by atoms with E-state index in [1.54, 1.807) is 11.0 Å². The second-order valence-corrected chi connectivity index (χ2v) is 9.72. The summed E-state index contributed by atoms with van der Waals surface area (Å²) in [6.07, 6.45) is 10.2. The molecule has 4 nitrogen and oxygen atoms in total. The Morgan fingerprint density at radius 3 is 2.32 bits per heavy atom. The fourth-order valence-electron chi connectivity index (χ4n) is 4.55. The normalized spacial score (nSPS) is 13.2. The van der Waals surface area contributed by atoms with Gasteiger partial charge in [0.1, 0.15) is 11.5 Å². The van der Waals surface area contributed by atoms with Crippen LogP contribution in [0.1, 0.15) is 92.4 Å². The van der Waals surface area contributed by atoms with Crippen molar-refractivity contribution in [1.29, 1.82) is 0 Å². The molecule has 3 rings (SSSR count). The second-order valence-electron chi connectivity index (χ2n) is 9.72. The molecule has 2 aromatic carbocycles. The third-order valence-corrected chi connectivity index (χ3v) is 6.60. The molecule has 0 spiro atoms. The van der Waals surface area contributed by atoms with E-state index in [0.29, 0.717) is 37.1 Å². The molecule has 4 heteroatoms.